The lowest BCUT2D eigenvalue weighted by molar-refractivity contribution is -0.152. The van der Waals surface area contributed by atoms with Crippen molar-refractivity contribution in [3.8, 4) is 0 Å². The number of hydrogen-bond acceptors (Lipinski definition) is 3. The van der Waals surface area contributed by atoms with Crippen molar-refractivity contribution in [1.29, 1.82) is 0 Å². The summed E-state index contributed by atoms with van der Waals surface area (Å²) in [7, 11) is 0. The summed E-state index contributed by atoms with van der Waals surface area (Å²) in [5.41, 5.74) is 6.40. The minimum absolute atomic E-state index is 1.08. The van der Waals surface area contributed by atoms with Crippen molar-refractivity contribution in [2.24, 2.45) is 11.5 Å². The van der Waals surface area contributed by atoms with Crippen LogP contribution in [0.4, 0.5) is 8.78 Å². The number of carbonyl (C=O) groups excluding carboxylic acids is 1. The smallest absolute Gasteiger partial charge is 0.330 e. The molecule has 12 heavy (non-hydrogen) atoms. The minimum atomic E-state index is -3.33. The zero-order valence-corrected chi connectivity index (χ0v) is 5.96. The second-order valence-corrected chi connectivity index (χ2v) is 2.29. The molecular formula is C5H8F2N2O3. The van der Waals surface area contributed by atoms with Crippen molar-refractivity contribution >= 4 is 11.9 Å². The molecule has 1 amide bonds. The summed E-state index contributed by atoms with van der Waals surface area (Å²) in [6.07, 6.45) is -4.41. The van der Waals surface area contributed by atoms with E-state index in [1.54, 1.807) is 0 Å². The fourth-order valence-corrected chi connectivity index (χ4v) is 0.534. The van der Waals surface area contributed by atoms with Crippen LogP contribution in [0.5, 0.6) is 0 Å². The van der Waals surface area contributed by atoms with Gasteiger partial charge in [-0.1, -0.05) is 0 Å². The van der Waals surface area contributed by atoms with E-state index in [1.165, 1.54) is 0 Å². The minimum Gasteiger partial charge on any atom is -0.480 e. The third-order valence-electron chi connectivity index (χ3n) is 1.25. The lowest BCUT2D eigenvalue weighted by atomic mass is 9.97. The molecule has 0 heterocycles. The molecule has 5 nitrogen and oxygen atoms in total. The Labute approximate surface area is 66.3 Å². The van der Waals surface area contributed by atoms with Crippen LogP contribution in [0, 0.1) is 0 Å². The van der Waals surface area contributed by atoms with Gasteiger partial charge in [0.1, 0.15) is 0 Å². The quantitative estimate of drug-likeness (QED) is 0.513. The van der Waals surface area contributed by atoms with Crippen molar-refractivity contribution in [3.05, 3.63) is 0 Å². The van der Waals surface area contributed by atoms with Crippen LogP contribution < -0.4 is 11.5 Å². The summed E-state index contributed by atoms with van der Waals surface area (Å²) >= 11 is 0. The molecule has 5 N–H and O–H groups in total. The average molecular weight is 182 g/mol. The van der Waals surface area contributed by atoms with E-state index in [4.69, 9.17) is 10.8 Å². The summed E-state index contributed by atoms with van der Waals surface area (Å²) in [5, 5.41) is 8.24. The standard InChI is InChI=1S/C5H8F2N2O3/c6-3(7)5(9,4(11)12)1-2(8)10/h3H,1,9H2,(H2,8,10)(H,11,12)/t5-/m1/s1. The maximum absolute atomic E-state index is 12.0. The van der Waals surface area contributed by atoms with Crippen LogP contribution in [0.15, 0.2) is 0 Å². The van der Waals surface area contributed by atoms with E-state index in [9.17, 15) is 18.4 Å². The normalized spacial score (nSPS) is 15.7. The number of carboxylic acid groups (broad SMARTS) is 1. The highest BCUT2D eigenvalue weighted by molar-refractivity contribution is 5.87. The number of halogens is 2. The molecule has 0 spiro atoms. The van der Waals surface area contributed by atoms with Crippen LogP contribution in [0.3, 0.4) is 0 Å². The maximum Gasteiger partial charge on any atom is 0.330 e. The monoisotopic (exact) mass is 182 g/mol. The fraction of sp³-hybridized carbons (Fsp3) is 0.600. The van der Waals surface area contributed by atoms with Gasteiger partial charge in [-0.3, -0.25) is 4.79 Å². The first kappa shape index (κ1) is 10.8. The van der Waals surface area contributed by atoms with Gasteiger partial charge in [-0.25, -0.2) is 13.6 Å². The van der Waals surface area contributed by atoms with E-state index >= 15 is 0 Å². The Hall–Kier alpha value is -1.24. The van der Waals surface area contributed by atoms with Crippen molar-refractivity contribution in [2.45, 2.75) is 18.4 Å². The largest absolute Gasteiger partial charge is 0.480 e. The molecule has 0 bridgehead atoms. The highest BCUT2D eigenvalue weighted by Crippen LogP contribution is 2.16. The molecule has 0 aliphatic carbocycles. The molecular weight excluding hydrogens is 174 g/mol. The first-order chi connectivity index (χ1) is 5.30. The predicted octanol–water partition coefficient (Wildman–Crippen LogP) is -1.09. The second kappa shape index (κ2) is 3.44. The molecule has 0 unspecified atom stereocenters. The number of nitrogens with two attached hydrogens (primary N) is 2. The Morgan fingerprint density at radius 2 is 1.92 bits per heavy atom. The molecule has 0 fully saturated rings. The van der Waals surface area contributed by atoms with Gasteiger partial charge >= 0.3 is 5.97 Å². The Bertz CT molecular complexity index is 209. The third-order valence-corrected chi connectivity index (χ3v) is 1.25. The lowest BCUT2D eigenvalue weighted by Gasteiger charge is -2.21. The molecule has 0 radical (unpaired) electrons. The first-order valence-corrected chi connectivity index (χ1v) is 2.89. The van der Waals surface area contributed by atoms with Gasteiger partial charge in [0.05, 0.1) is 6.42 Å². The van der Waals surface area contributed by atoms with Crippen LogP contribution in [0.25, 0.3) is 0 Å². The predicted molar refractivity (Wildman–Crippen MR) is 34.4 cm³/mol. The zero-order chi connectivity index (χ0) is 9.94. The Kier molecular flexibility index (Phi) is 3.08. The summed E-state index contributed by atoms with van der Waals surface area (Å²) < 4.78 is 24.0. The number of alkyl halides is 2. The van der Waals surface area contributed by atoms with E-state index in [2.05, 4.69) is 5.73 Å². The van der Waals surface area contributed by atoms with Crippen LogP contribution >= 0.6 is 0 Å². The van der Waals surface area contributed by atoms with Crippen LogP contribution in [0.2, 0.25) is 0 Å². The molecule has 0 aromatic rings. The SMILES string of the molecule is NC(=O)C[C@](N)(C(=O)O)C(F)F. The van der Waals surface area contributed by atoms with E-state index in [-0.39, 0.29) is 0 Å². The number of amides is 1. The second-order valence-electron chi connectivity index (χ2n) is 2.29. The number of hydrogen-bond donors (Lipinski definition) is 3. The van der Waals surface area contributed by atoms with E-state index in [0.717, 1.165) is 0 Å². The number of rotatable bonds is 4. The number of primary amides is 1. The van der Waals surface area contributed by atoms with E-state index < -0.39 is 30.3 Å². The maximum atomic E-state index is 12.0. The Morgan fingerprint density at radius 3 is 2.00 bits per heavy atom. The van der Waals surface area contributed by atoms with Crippen LogP contribution in [0.1, 0.15) is 6.42 Å². The Balaban J connectivity index is 4.62. The highest BCUT2D eigenvalue weighted by Gasteiger charge is 2.45. The van der Waals surface area contributed by atoms with Gasteiger partial charge in [0.25, 0.3) is 6.43 Å². The number of carbonyl (C=O) groups is 2. The molecule has 70 valence electrons. The van der Waals surface area contributed by atoms with Crippen molar-refractivity contribution in [3.63, 3.8) is 0 Å². The molecule has 0 rings (SSSR count). The van der Waals surface area contributed by atoms with Gasteiger partial charge in [-0.15, -0.1) is 0 Å². The third kappa shape index (κ3) is 2.12. The molecule has 7 heteroatoms. The lowest BCUT2D eigenvalue weighted by Crippen LogP contribution is -2.56. The molecule has 0 saturated carbocycles. The molecule has 0 aliphatic heterocycles. The molecule has 0 aromatic heterocycles. The van der Waals surface area contributed by atoms with Crippen LogP contribution in [-0.2, 0) is 9.59 Å². The van der Waals surface area contributed by atoms with E-state index in [0.29, 0.717) is 0 Å². The zero-order valence-electron chi connectivity index (χ0n) is 5.96. The molecule has 0 saturated heterocycles. The summed E-state index contributed by atoms with van der Waals surface area (Å²) in [4.78, 5) is 20.4. The number of aliphatic carboxylic acids is 1. The average Bonchev–Trinajstić information content (AvgIpc) is 1.84. The fourth-order valence-electron chi connectivity index (χ4n) is 0.534. The summed E-state index contributed by atoms with van der Waals surface area (Å²) in [6, 6.07) is 0. The van der Waals surface area contributed by atoms with Crippen molar-refractivity contribution in [1.82, 2.24) is 0 Å². The van der Waals surface area contributed by atoms with Gasteiger partial charge in [-0.05, 0) is 0 Å². The van der Waals surface area contributed by atoms with E-state index in [1.807, 2.05) is 0 Å². The van der Waals surface area contributed by atoms with Crippen LogP contribution in [-0.4, -0.2) is 28.9 Å². The van der Waals surface area contributed by atoms with Gasteiger partial charge in [0.2, 0.25) is 5.91 Å². The van der Waals surface area contributed by atoms with Crippen molar-refractivity contribution < 1.29 is 23.5 Å². The molecule has 0 aliphatic rings. The summed E-state index contributed by atoms with van der Waals surface area (Å²) in [5.74, 6) is -3.13. The molecule has 1 atom stereocenters. The Morgan fingerprint density at radius 1 is 1.50 bits per heavy atom. The van der Waals surface area contributed by atoms with Gasteiger partial charge < -0.3 is 16.6 Å². The van der Waals surface area contributed by atoms with Crippen molar-refractivity contribution in [2.75, 3.05) is 0 Å². The number of carboxylic acids is 1. The molecule has 0 aromatic carbocycles. The van der Waals surface area contributed by atoms with Gasteiger partial charge in [0, 0.05) is 0 Å². The van der Waals surface area contributed by atoms with Gasteiger partial charge in [-0.2, -0.15) is 0 Å². The summed E-state index contributed by atoms with van der Waals surface area (Å²) in [6.45, 7) is 0. The van der Waals surface area contributed by atoms with Gasteiger partial charge in [0.15, 0.2) is 5.54 Å². The highest BCUT2D eigenvalue weighted by atomic mass is 19.3. The first-order valence-electron chi connectivity index (χ1n) is 2.89. The topological polar surface area (TPSA) is 106 Å².